The average molecular weight is 438 g/mol. The molecule has 1 aliphatic rings. The van der Waals surface area contributed by atoms with Crippen molar-refractivity contribution in [2.45, 2.75) is 38.0 Å². The van der Waals surface area contributed by atoms with Crippen LogP contribution in [0.5, 0.6) is 0 Å². The van der Waals surface area contributed by atoms with E-state index < -0.39 is 36.1 Å². The minimum Gasteiger partial charge on any atom is -0.382 e. The number of benzene rings is 1. The molecule has 4 rings (SSSR count). The highest BCUT2D eigenvalue weighted by Gasteiger charge is 2.39. The lowest BCUT2D eigenvalue weighted by Gasteiger charge is -2.14. The predicted octanol–water partition coefficient (Wildman–Crippen LogP) is 2.67. The van der Waals surface area contributed by atoms with Gasteiger partial charge in [0.25, 0.3) is 11.5 Å². The van der Waals surface area contributed by atoms with Gasteiger partial charge in [0.05, 0.1) is 18.4 Å². The topological polar surface area (TPSA) is 99.5 Å². The van der Waals surface area contributed by atoms with Gasteiger partial charge in [-0.1, -0.05) is 12.1 Å². The smallest absolute Gasteiger partial charge is 0.382 e. The maximum Gasteiger partial charge on any atom is 0.416 e. The number of aryl methyl sites for hydroxylation is 1. The Balaban J connectivity index is 1.74. The molecular weight excluding hydrogens is 420 g/mol. The fourth-order valence-electron chi connectivity index (χ4n) is 3.33. The van der Waals surface area contributed by atoms with Crippen LogP contribution in [0.1, 0.15) is 40.4 Å². The SMILES string of the molecule is Cc1ccc(-c2cn3nc(C(=O)NCC(O)C(F)(F)F)c(C4CC4)c3c(=O)[nH]2)cc1F. The van der Waals surface area contributed by atoms with E-state index in [0.29, 0.717) is 29.5 Å². The molecule has 1 aromatic carbocycles. The molecule has 1 fully saturated rings. The van der Waals surface area contributed by atoms with Crippen molar-refractivity contribution in [3.05, 3.63) is 57.4 Å². The Morgan fingerprint density at radius 1 is 1.39 bits per heavy atom. The first-order valence-corrected chi connectivity index (χ1v) is 9.51. The minimum absolute atomic E-state index is 0.111. The number of fused-ring (bicyclic) bond motifs is 1. The molecule has 1 amide bonds. The molecular formula is C20H18F4N4O3. The van der Waals surface area contributed by atoms with E-state index in [1.54, 1.807) is 19.1 Å². The predicted molar refractivity (Wildman–Crippen MR) is 102 cm³/mol. The van der Waals surface area contributed by atoms with Crippen molar-refractivity contribution in [2.24, 2.45) is 0 Å². The van der Waals surface area contributed by atoms with Crippen LogP contribution in [0.4, 0.5) is 17.6 Å². The maximum atomic E-state index is 13.9. The Kier molecular flexibility index (Phi) is 5.08. The molecule has 3 aromatic rings. The van der Waals surface area contributed by atoms with Gasteiger partial charge in [-0.05, 0) is 37.3 Å². The minimum atomic E-state index is -4.87. The fraction of sp³-hybridized carbons (Fsp3) is 0.350. The fourth-order valence-corrected chi connectivity index (χ4v) is 3.33. The van der Waals surface area contributed by atoms with Crippen LogP contribution in [0.3, 0.4) is 0 Å². The van der Waals surface area contributed by atoms with E-state index in [1.165, 1.54) is 16.8 Å². The van der Waals surface area contributed by atoms with Gasteiger partial charge in [-0.3, -0.25) is 9.59 Å². The Morgan fingerprint density at radius 2 is 2.10 bits per heavy atom. The lowest BCUT2D eigenvalue weighted by atomic mass is 10.1. The Labute approximate surface area is 172 Å². The molecule has 0 radical (unpaired) electrons. The van der Waals surface area contributed by atoms with E-state index in [4.69, 9.17) is 5.11 Å². The van der Waals surface area contributed by atoms with Gasteiger partial charge in [-0.25, -0.2) is 8.91 Å². The molecule has 3 N–H and O–H groups in total. The number of amides is 1. The van der Waals surface area contributed by atoms with Crippen molar-refractivity contribution in [3.63, 3.8) is 0 Å². The summed E-state index contributed by atoms with van der Waals surface area (Å²) in [4.78, 5) is 28.0. The van der Waals surface area contributed by atoms with Crippen molar-refractivity contribution >= 4 is 11.4 Å². The summed E-state index contributed by atoms with van der Waals surface area (Å²) in [5.74, 6) is -1.49. The first-order chi connectivity index (χ1) is 14.6. The third kappa shape index (κ3) is 4.05. The first kappa shape index (κ1) is 21.0. The van der Waals surface area contributed by atoms with E-state index in [9.17, 15) is 27.2 Å². The summed E-state index contributed by atoms with van der Waals surface area (Å²) in [5.41, 5.74) is 0.826. The molecule has 1 atom stereocenters. The van der Waals surface area contributed by atoms with Crippen molar-refractivity contribution in [1.82, 2.24) is 19.9 Å². The zero-order valence-electron chi connectivity index (χ0n) is 16.3. The molecule has 164 valence electrons. The lowest BCUT2D eigenvalue weighted by Crippen LogP contribution is -2.41. The quantitative estimate of drug-likeness (QED) is 0.534. The summed E-state index contributed by atoms with van der Waals surface area (Å²) in [6, 6.07) is 4.42. The number of carbonyl (C=O) groups excluding carboxylic acids is 1. The third-order valence-corrected chi connectivity index (χ3v) is 5.18. The van der Waals surface area contributed by atoms with Gasteiger partial charge >= 0.3 is 6.18 Å². The van der Waals surface area contributed by atoms with Crippen LogP contribution < -0.4 is 10.9 Å². The number of rotatable bonds is 5. The number of halogens is 4. The second kappa shape index (κ2) is 7.49. The molecule has 31 heavy (non-hydrogen) atoms. The van der Waals surface area contributed by atoms with E-state index in [-0.39, 0.29) is 22.8 Å². The molecule has 1 saturated carbocycles. The number of nitrogens with zero attached hydrogens (tertiary/aromatic N) is 2. The van der Waals surface area contributed by atoms with Gasteiger partial charge < -0.3 is 15.4 Å². The highest BCUT2D eigenvalue weighted by molar-refractivity contribution is 5.96. The number of aromatic nitrogens is 3. The van der Waals surface area contributed by atoms with Crippen molar-refractivity contribution in [1.29, 1.82) is 0 Å². The second-order valence-corrected chi connectivity index (χ2v) is 7.56. The van der Waals surface area contributed by atoms with Crippen LogP contribution in [0, 0.1) is 12.7 Å². The first-order valence-electron chi connectivity index (χ1n) is 9.51. The number of carbonyl (C=O) groups is 1. The summed E-state index contributed by atoms with van der Waals surface area (Å²) in [7, 11) is 0. The molecule has 1 aliphatic carbocycles. The summed E-state index contributed by atoms with van der Waals surface area (Å²) in [6.45, 7) is 0.561. The van der Waals surface area contributed by atoms with Gasteiger partial charge in [0.2, 0.25) is 0 Å². The zero-order chi connectivity index (χ0) is 22.5. The van der Waals surface area contributed by atoms with Gasteiger partial charge in [0.15, 0.2) is 11.8 Å². The summed E-state index contributed by atoms with van der Waals surface area (Å²) in [5, 5.41) is 15.3. The highest BCUT2D eigenvalue weighted by Crippen LogP contribution is 2.43. The number of hydrogen-bond acceptors (Lipinski definition) is 4. The van der Waals surface area contributed by atoms with E-state index in [1.807, 2.05) is 5.32 Å². The molecule has 1 unspecified atom stereocenters. The van der Waals surface area contributed by atoms with Gasteiger partial charge in [-0.15, -0.1) is 0 Å². The Bertz CT molecular complexity index is 1230. The second-order valence-electron chi connectivity index (χ2n) is 7.56. The Morgan fingerprint density at radius 3 is 2.71 bits per heavy atom. The van der Waals surface area contributed by atoms with Crippen molar-refractivity contribution < 1.29 is 27.5 Å². The maximum absolute atomic E-state index is 13.9. The summed E-state index contributed by atoms with van der Waals surface area (Å²) >= 11 is 0. The molecule has 2 heterocycles. The van der Waals surface area contributed by atoms with Crippen LogP contribution in [-0.2, 0) is 0 Å². The summed E-state index contributed by atoms with van der Waals surface area (Å²) in [6.07, 6.45) is -4.76. The van der Waals surface area contributed by atoms with Crippen LogP contribution in [0.15, 0.2) is 29.2 Å². The van der Waals surface area contributed by atoms with Crippen LogP contribution >= 0.6 is 0 Å². The molecule has 0 spiro atoms. The summed E-state index contributed by atoms with van der Waals surface area (Å²) < 4.78 is 52.6. The number of nitrogens with one attached hydrogen (secondary N) is 2. The highest BCUT2D eigenvalue weighted by atomic mass is 19.4. The molecule has 7 nitrogen and oxygen atoms in total. The number of aliphatic hydroxyl groups excluding tert-OH is 1. The molecule has 0 saturated heterocycles. The van der Waals surface area contributed by atoms with E-state index >= 15 is 0 Å². The average Bonchev–Trinajstić information content (AvgIpc) is 3.46. The largest absolute Gasteiger partial charge is 0.416 e. The number of H-pyrrole nitrogens is 1. The lowest BCUT2D eigenvalue weighted by molar-refractivity contribution is -0.201. The van der Waals surface area contributed by atoms with Crippen LogP contribution in [-0.4, -0.2) is 44.4 Å². The van der Waals surface area contributed by atoms with Crippen LogP contribution in [0.2, 0.25) is 0 Å². The normalized spacial score (nSPS) is 15.3. The Hall–Kier alpha value is -3.21. The molecule has 11 heteroatoms. The number of hydrogen-bond donors (Lipinski definition) is 3. The molecule has 0 aliphatic heterocycles. The van der Waals surface area contributed by atoms with Crippen molar-refractivity contribution in [2.75, 3.05) is 6.54 Å². The van der Waals surface area contributed by atoms with E-state index in [0.717, 1.165) is 0 Å². The van der Waals surface area contributed by atoms with E-state index in [2.05, 4.69) is 10.1 Å². The standard InChI is InChI=1S/C20H18F4N4O3/c1-9-2-3-11(6-12(9)21)13-8-28-17(19(31)26-13)15(10-4-5-10)16(27-28)18(30)25-7-14(29)20(22,23)24/h2-3,6,8,10,14,29H,4-5,7H2,1H3,(H,25,30)(H,26,31). The zero-order valence-corrected chi connectivity index (χ0v) is 16.3. The molecule has 2 aromatic heterocycles. The van der Waals surface area contributed by atoms with Crippen LogP contribution in [0.25, 0.3) is 16.8 Å². The van der Waals surface area contributed by atoms with Gasteiger partial charge in [-0.2, -0.15) is 18.3 Å². The van der Waals surface area contributed by atoms with Gasteiger partial charge in [0.1, 0.15) is 11.3 Å². The monoisotopic (exact) mass is 438 g/mol. The number of aliphatic hydroxyl groups is 1. The number of alkyl halides is 3. The van der Waals surface area contributed by atoms with Crippen molar-refractivity contribution in [3.8, 4) is 11.3 Å². The number of aromatic amines is 1. The molecule has 0 bridgehead atoms. The third-order valence-electron chi connectivity index (χ3n) is 5.18. The van der Waals surface area contributed by atoms with Gasteiger partial charge in [0, 0.05) is 11.1 Å².